The van der Waals surface area contributed by atoms with Crippen molar-refractivity contribution in [2.24, 2.45) is 5.92 Å². The third-order valence-electron chi connectivity index (χ3n) is 3.36. The van der Waals surface area contributed by atoms with E-state index >= 15 is 0 Å². The fourth-order valence-electron chi connectivity index (χ4n) is 2.19. The number of halogens is 2. The summed E-state index contributed by atoms with van der Waals surface area (Å²) < 4.78 is 19.2. The molecule has 2 rings (SSSR count). The second-order valence-electron chi connectivity index (χ2n) is 4.56. The predicted octanol–water partition coefficient (Wildman–Crippen LogP) is 1.76. The van der Waals surface area contributed by atoms with Crippen LogP contribution in [0.25, 0.3) is 0 Å². The predicted molar refractivity (Wildman–Crippen MR) is 71.9 cm³/mol. The molecule has 1 aromatic rings. The Balaban J connectivity index is 2.27. The van der Waals surface area contributed by atoms with E-state index in [0.717, 1.165) is 0 Å². The second kappa shape index (κ2) is 5.88. The van der Waals surface area contributed by atoms with Crippen molar-refractivity contribution in [2.45, 2.75) is 6.04 Å². The summed E-state index contributed by atoms with van der Waals surface area (Å²) in [6.07, 6.45) is 0. The summed E-state index contributed by atoms with van der Waals surface area (Å²) in [7, 11) is 1.45. The van der Waals surface area contributed by atoms with E-state index in [1.165, 1.54) is 24.1 Å². The summed E-state index contributed by atoms with van der Waals surface area (Å²) in [4.78, 5) is 24.7. The highest BCUT2D eigenvalue weighted by molar-refractivity contribution is 9.10. The van der Waals surface area contributed by atoms with E-state index in [2.05, 4.69) is 15.9 Å². The fourth-order valence-corrected chi connectivity index (χ4v) is 2.70. The van der Waals surface area contributed by atoms with Crippen molar-refractivity contribution < 1.29 is 23.8 Å². The van der Waals surface area contributed by atoms with Gasteiger partial charge in [0.05, 0.1) is 24.8 Å². The lowest BCUT2D eigenvalue weighted by Crippen LogP contribution is -2.44. The molecule has 1 aromatic carbocycles. The molecule has 20 heavy (non-hydrogen) atoms. The molecule has 1 aliphatic heterocycles. The Hall–Kier alpha value is -1.47. The van der Waals surface area contributed by atoms with Gasteiger partial charge in [-0.1, -0.05) is 6.07 Å². The number of carboxylic acids is 1. The van der Waals surface area contributed by atoms with Crippen LogP contribution in [0.5, 0.6) is 0 Å². The van der Waals surface area contributed by atoms with Crippen LogP contribution in [0.3, 0.4) is 0 Å². The molecule has 7 heteroatoms. The maximum absolute atomic E-state index is 13.8. The molecule has 0 bridgehead atoms. The first-order valence-corrected chi connectivity index (χ1v) is 6.74. The van der Waals surface area contributed by atoms with Crippen molar-refractivity contribution >= 4 is 27.8 Å². The molecule has 2 atom stereocenters. The third kappa shape index (κ3) is 2.69. The Kier molecular flexibility index (Phi) is 4.39. The number of hydrogen-bond donors (Lipinski definition) is 1. The van der Waals surface area contributed by atoms with Gasteiger partial charge in [0.1, 0.15) is 11.7 Å². The Labute approximate surface area is 123 Å². The largest absolute Gasteiger partial charge is 0.481 e. The fraction of sp³-hybridized carbons (Fsp3) is 0.385. The molecule has 0 aromatic heterocycles. The minimum absolute atomic E-state index is 0.0516. The van der Waals surface area contributed by atoms with Crippen LogP contribution in [-0.2, 0) is 9.53 Å². The van der Waals surface area contributed by atoms with E-state index in [4.69, 9.17) is 9.84 Å². The molecule has 108 valence electrons. The second-order valence-corrected chi connectivity index (χ2v) is 5.42. The number of likely N-dealkylation sites (N-methyl/N-ethyl adjacent to an activating group) is 1. The van der Waals surface area contributed by atoms with Crippen LogP contribution in [0.4, 0.5) is 4.39 Å². The van der Waals surface area contributed by atoms with Crippen molar-refractivity contribution in [1.29, 1.82) is 0 Å². The van der Waals surface area contributed by atoms with Crippen LogP contribution >= 0.6 is 15.9 Å². The van der Waals surface area contributed by atoms with Crippen molar-refractivity contribution in [2.75, 3.05) is 20.3 Å². The zero-order chi connectivity index (χ0) is 14.9. The lowest BCUT2D eigenvalue weighted by atomic mass is 10.0. The molecule has 1 fully saturated rings. The van der Waals surface area contributed by atoms with Gasteiger partial charge in [-0.2, -0.15) is 0 Å². The molecule has 1 amide bonds. The topological polar surface area (TPSA) is 66.8 Å². The first-order chi connectivity index (χ1) is 9.43. The molecular formula is C13H13BrFNO4. The molecule has 0 radical (unpaired) electrons. The highest BCUT2D eigenvalue weighted by Crippen LogP contribution is 2.25. The number of carbonyl (C=O) groups excluding carboxylic acids is 1. The van der Waals surface area contributed by atoms with Gasteiger partial charge in [-0.3, -0.25) is 9.59 Å². The summed E-state index contributed by atoms with van der Waals surface area (Å²) in [6, 6.07) is 3.62. The molecule has 1 N–H and O–H groups in total. The van der Waals surface area contributed by atoms with E-state index in [9.17, 15) is 14.0 Å². The van der Waals surface area contributed by atoms with Crippen molar-refractivity contribution in [3.8, 4) is 0 Å². The van der Waals surface area contributed by atoms with E-state index in [1.54, 1.807) is 6.07 Å². The summed E-state index contributed by atoms with van der Waals surface area (Å²) in [5.74, 6) is -3.05. The van der Waals surface area contributed by atoms with Crippen LogP contribution in [0.15, 0.2) is 22.7 Å². The number of amides is 1. The molecule has 2 unspecified atom stereocenters. The van der Waals surface area contributed by atoms with Crippen molar-refractivity contribution in [1.82, 2.24) is 4.90 Å². The third-order valence-corrected chi connectivity index (χ3v) is 4.02. The smallest absolute Gasteiger partial charge is 0.311 e. The highest BCUT2D eigenvalue weighted by Gasteiger charge is 2.39. The van der Waals surface area contributed by atoms with E-state index in [1.807, 2.05) is 0 Å². The Bertz CT molecular complexity index is 531. The van der Waals surface area contributed by atoms with E-state index < -0.39 is 29.7 Å². The quantitative estimate of drug-likeness (QED) is 0.906. The number of carboxylic acid groups (broad SMARTS) is 1. The molecule has 1 aliphatic rings. The Morgan fingerprint density at radius 3 is 2.75 bits per heavy atom. The summed E-state index contributed by atoms with van der Waals surface area (Å²) >= 11 is 3.13. The van der Waals surface area contributed by atoms with Crippen LogP contribution in [0, 0.1) is 11.7 Å². The number of ether oxygens (including phenoxy) is 1. The maximum atomic E-state index is 13.8. The highest BCUT2D eigenvalue weighted by atomic mass is 79.9. The van der Waals surface area contributed by atoms with Crippen molar-refractivity contribution in [3.63, 3.8) is 0 Å². The number of nitrogens with zero attached hydrogens (tertiary/aromatic N) is 1. The van der Waals surface area contributed by atoms with Gasteiger partial charge in [0, 0.05) is 11.5 Å². The minimum atomic E-state index is -1.03. The molecule has 1 saturated heterocycles. The van der Waals surface area contributed by atoms with Crippen LogP contribution in [0.2, 0.25) is 0 Å². The Morgan fingerprint density at radius 1 is 1.45 bits per heavy atom. The minimum Gasteiger partial charge on any atom is -0.481 e. The standard InChI is InChI=1S/C13H13BrFNO4/c1-16(10-6-20-5-7(10)13(18)19)12(17)11-8(14)3-2-4-9(11)15/h2-4,7,10H,5-6H2,1H3,(H,18,19). The van der Waals surface area contributed by atoms with Crippen LogP contribution in [0.1, 0.15) is 10.4 Å². The average molecular weight is 346 g/mol. The lowest BCUT2D eigenvalue weighted by Gasteiger charge is -2.26. The SMILES string of the molecule is CN(C(=O)c1c(F)cccc1Br)C1COCC1C(=O)O. The van der Waals surface area contributed by atoms with Gasteiger partial charge in [-0.05, 0) is 28.1 Å². The van der Waals surface area contributed by atoms with Gasteiger partial charge in [0.2, 0.25) is 0 Å². The van der Waals surface area contributed by atoms with Gasteiger partial charge in [-0.15, -0.1) is 0 Å². The van der Waals surface area contributed by atoms with Gasteiger partial charge in [0.15, 0.2) is 0 Å². The van der Waals surface area contributed by atoms with E-state index in [-0.39, 0.29) is 18.8 Å². The summed E-state index contributed by atoms with van der Waals surface area (Å²) in [5, 5.41) is 9.09. The molecular weight excluding hydrogens is 333 g/mol. The first kappa shape index (κ1) is 14.9. The summed E-state index contributed by atoms with van der Waals surface area (Å²) in [5.41, 5.74) is -0.106. The molecule has 0 aliphatic carbocycles. The summed E-state index contributed by atoms with van der Waals surface area (Å²) in [6.45, 7) is 0.182. The zero-order valence-corrected chi connectivity index (χ0v) is 12.3. The maximum Gasteiger partial charge on any atom is 0.311 e. The lowest BCUT2D eigenvalue weighted by molar-refractivity contribution is -0.142. The Morgan fingerprint density at radius 2 is 2.15 bits per heavy atom. The molecule has 0 spiro atoms. The van der Waals surface area contributed by atoms with Gasteiger partial charge >= 0.3 is 5.97 Å². The normalized spacial score (nSPS) is 21.8. The van der Waals surface area contributed by atoms with Gasteiger partial charge < -0.3 is 14.7 Å². The number of rotatable bonds is 3. The molecule has 0 saturated carbocycles. The zero-order valence-electron chi connectivity index (χ0n) is 10.7. The monoisotopic (exact) mass is 345 g/mol. The van der Waals surface area contributed by atoms with E-state index in [0.29, 0.717) is 4.47 Å². The number of aliphatic carboxylic acids is 1. The number of benzene rings is 1. The van der Waals surface area contributed by atoms with Crippen LogP contribution in [-0.4, -0.2) is 48.2 Å². The molecule has 5 nitrogen and oxygen atoms in total. The first-order valence-electron chi connectivity index (χ1n) is 5.95. The molecule has 1 heterocycles. The number of carbonyl (C=O) groups is 2. The van der Waals surface area contributed by atoms with Crippen LogP contribution < -0.4 is 0 Å². The van der Waals surface area contributed by atoms with Crippen molar-refractivity contribution in [3.05, 3.63) is 34.1 Å². The van der Waals surface area contributed by atoms with Gasteiger partial charge in [-0.25, -0.2) is 4.39 Å². The van der Waals surface area contributed by atoms with Gasteiger partial charge in [0.25, 0.3) is 5.91 Å². The average Bonchev–Trinajstić information content (AvgIpc) is 2.86. The number of hydrogen-bond acceptors (Lipinski definition) is 3.